The number of halogens is 3. The molecule has 0 spiro atoms. The Bertz CT molecular complexity index is 1280. The molecule has 0 bridgehead atoms. The monoisotopic (exact) mass is 467 g/mol. The first-order valence-corrected chi connectivity index (χ1v) is 11.3. The van der Waals surface area contributed by atoms with Gasteiger partial charge in [-0.05, 0) is 61.4 Å². The van der Waals surface area contributed by atoms with Crippen LogP contribution in [0.4, 0.5) is 18.9 Å². The largest absolute Gasteiger partial charge is 0.455 e. The number of benzene rings is 2. The highest BCUT2D eigenvalue weighted by Gasteiger charge is 2.25. The maximum absolute atomic E-state index is 13.5. The minimum Gasteiger partial charge on any atom is -0.455 e. The maximum atomic E-state index is 13.5. The second kappa shape index (κ2) is 9.38. The van der Waals surface area contributed by atoms with Gasteiger partial charge in [0.25, 0.3) is 0 Å². The molecule has 1 unspecified atom stereocenters. The molecule has 2 aromatic heterocycles. The van der Waals surface area contributed by atoms with Gasteiger partial charge in [-0.2, -0.15) is 0 Å². The molecule has 1 atom stereocenters. The number of furan rings is 1. The predicted octanol–water partition coefficient (Wildman–Crippen LogP) is 6.84. The SMILES string of the molecule is OC(Nc1ccc(F)c(F)c1)c1ccc(-c2c(-c3ccc(F)cc3)ncn2C2CCCCC2)o1. The Morgan fingerprint density at radius 3 is 2.44 bits per heavy atom. The lowest BCUT2D eigenvalue weighted by atomic mass is 9.95. The zero-order chi connectivity index (χ0) is 23.7. The molecule has 34 heavy (non-hydrogen) atoms. The van der Waals surface area contributed by atoms with Crippen LogP contribution in [0.1, 0.15) is 50.1 Å². The number of imidazole rings is 1. The summed E-state index contributed by atoms with van der Waals surface area (Å²) in [7, 11) is 0. The molecule has 2 heterocycles. The van der Waals surface area contributed by atoms with Crippen molar-refractivity contribution >= 4 is 5.69 Å². The van der Waals surface area contributed by atoms with Crippen LogP contribution < -0.4 is 5.32 Å². The van der Waals surface area contributed by atoms with Crippen LogP contribution in [-0.2, 0) is 0 Å². The zero-order valence-corrected chi connectivity index (χ0v) is 18.3. The molecule has 5 rings (SSSR count). The Kier molecular flexibility index (Phi) is 6.15. The van der Waals surface area contributed by atoms with Gasteiger partial charge in [0.05, 0.1) is 12.0 Å². The van der Waals surface area contributed by atoms with Gasteiger partial charge in [0.1, 0.15) is 11.5 Å². The van der Waals surface area contributed by atoms with Crippen molar-refractivity contribution in [2.75, 3.05) is 5.32 Å². The fourth-order valence-corrected chi connectivity index (χ4v) is 4.50. The van der Waals surface area contributed by atoms with Crippen molar-refractivity contribution in [3.05, 3.63) is 84.1 Å². The van der Waals surface area contributed by atoms with Crippen molar-refractivity contribution in [3.63, 3.8) is 0 Å². The summed E-state index contributed by atoms with van der Waals surface area (Å²) in [6.45, 7) is 0. The van der Waals surface area contributed by atoms with Gasteiger partial charge in [0.15, 0.2) is 29.4 Å². The molecule has 0 radical (unpaired) electrons. The van der Waals surface area contributed by atoms with E-state index in [1.807, 2.05) is 0 Å². The highest BCUT2D eigenvalue weighted by molar-refractivity contribution is 5.76. The molecule has 1 saturated carbocycles. The molecule has 0 saturated heterocycles. The summed E-state index contributed by atoms with van der Waals surface area (Å²) >= 11 is 0. The van der Waals surface area contributed by atoms with Crippen LogP contribution in [-0.4, -0.2) is 14.7 Å². The minimum atomic E-state index is -1.28. The average Bonchev–Trinajstić information content (AvgIpc) is 3.50. The zero-order valence-electron chi connectivity index (χ0n) is 18.3. The van der Waals surface area contributed by atoms with Gasteiger partial charge in [0, 0.05) is 23.4 Å². The maximum Gasteiger partial charge on any atom is 0.184 e. The molecular formula is C26H24F3N3O2. The standard InChI is InChI=1S/C26H24F3N3O2/c27-17-8-6-16(7-9-17)24-25(32(15-30-24)19-4-2-1-3-5-19)22-12-13-23(34-22)26(33)31-18-10-11-20(28)21(29)14-18/h6-15,19,26,31,33H,1-5H2. The molecule has 1 aliphatic rings. The van der Waals surface area contributed by atoms with Gasteiger partial charge < -0.3 is 19.4 Å². The Morgan fingerprint density at radius 2 is 1.71 bits per heavy atom. The lowest BCUT2D eigenvalue weighted by molar-refractivity contribution is 0.179. The smallest absolute Gasteiger partial charge is 0.184 e. The molecule has 8 heteroatoms. The molecule has 4 aromatic rings. The number of nitrogens with one attached hydrogen (secondary N) is 1. The summed E-state index contributed by atoms with van der Waals surface area (Å²) in [6, 6.07) is 13.0. The molecule has 0 amide bonds. The summed E-state index contributed by atoms with van der Waals surface area (Å²) in [5.41, 5.74) is 2.38. The number of rotatable bonds is 6. The fourth-order valence-electron chi connectivity index (χ4n) is 4.50. The fraction of sp³-hybridized carbons (Fsp3) is 0.269. The van der Waals surface area contributed by atoms with Crippen LogP contribution in [0.15, 0.2) is 65.3 Å². The second-order valence-corrected chi connectivity index (χ2v) is 8.53. The van der Waals surface area contributed by atoms with Gasteiger partial charge in [-0.25, -0.2) is 18.2 Å². The number of aromatic nitrogens is 2. The first kappa shape index (κ1) is 22.3. The molecule has 176 valence electrons. The van der Waals surface area contributed by atoms with E-state index in [4.69, 9.17) is 4.42 Å². The lowest BCUT2D eigenvalue weighted by Gasteiger charge is -2.24. The first-order valence-electron chi connectivity index (χ1n) is 11.3. The minimum absolute atomic E-state index is 0.209. The molecule has 2 aromatic carbocycles. The number of hydrogen-bond acceptors (Lipinski definition) is 4. The Morgan fingerprint density at radius 1 is 0.941 bits per heavy atom. The predicted molar refractivity (Wildman–Crippen MR) is 122 cm³/mol. The lowest BCUT2D eigenvalue weighted by Crippen LogP contribution is -2.13. The Hall–Kier alpha value is -3.52. The number of aliphatic hydroxyl groups excluding tert-OH is 1. The van der Waals surface area contributed by atoms with E-state index in [9.17, 15) is 18.3 Å². The Balaban J connectivity index is 1.49. The van der Waals surface area contributed by atoms with Crippen molar-refractivity contribution in [2.24, 2.45) is 0 Å². The highest BCUT2D eigenvalue weighted by atomic mass is 19.2. The van der Waals surface area contributed by atoms with E-state index in [0.29, 0.717) is 11.5 Å². The van der Waals surface area contributed by atoms with E-state index in [-0.39, 0.29) is 23.3 Å². The van der Waals surface area contributed by atoms with E-state index in [1.54, 1.807) is 30.6 Å². The summed E-state index contributed by atoms with van der Waals surface area (Å²) in [4.78, 5) is 4.63. The summed E-state index contributed by atoms with van der Waals surface area (Å²) in [6.07, 6.45) is 6.04. The van der Waals surface area contributed by atoms with Crippen LogP contribution in [0.2, 0.25) is 0 Å². The average molecular weight is 467 g/mol. The summed E-state index contributed by atoms with van der Waals surface area (Å²) < 4.78 is 48.4. The Labute approximate surface area is 194 Å². The van der Waals surface area contributed by atoms with E-state index in [1.165, 1.54) is 24.6 Å². The van der Waals surface area contributed by atoms with Crippen molar-refractivity contribution < 1.29 is 22.7 Å². The first-order chi connectivity index (χ1) is 16.5. The van der Waals surface area contributed by atoms with Gasteiger partial charge in [-0.3, -0.25) is 0 Å². The van der Waals surface area contributed by atoms with Gasteiger partial charge in [0.2, 0.25) is 0 Å². The van der Waals surface area contributed by atoms with Crippen molar-refractivity contribution in [1.82, 2.24) is 9.55 Å². The third-order valence-electron chi connectivity index (χ3n) is 6.23. The van der Waals surface area contributed by atoms with Crippen molar-refractivity contribution in [1.29, 1.82) is 0 Å². The van der Waals surface area contributed by atoms with Crippen LogP contribution in [0, 0.1) is 17.5 Å². The third-order valence-corrected chi connectivity index (χ3v) is 6.23. The molecular weight excluding hydrogens is 443 g/mol. The van der Waals surface area contributed by atoms with Gasteiger partial charge in [-0.15, -0.1) is 0 Å². The van der Waals surface area contributed by atoms with Crippen LogP contribution in [0.25, 0.3) is 22.7 Å². The molecule has 1 fully saturated rings. The molecule has 5 nitrogen and oxygen atoms in total. The van der Waals surface area contributed by atoms with Crippen LogP contribution in [0.5, 0.6) is 0 Å². The molecule has 1 aliphatic carbocycles. The molecule has 0 aliphatic heterocycles. The highest BCUT2D eigenvalue weighted by Crippen LogP contribution is 2.39. The number of anilines is 1. The number of aliphatic hydroxyl groups is 1. The van der Waals surface area contributed by atoms with E-state index < -0.39 is 17.9 Å². The van der Waals surface area contributed by atoms with Crippen LogP contribution in [0.3, 0.4) is 0 Å². The second-order valence-electron chi connectivity index (χ2n) is 8.53. The third kappa shape index (κ3) is 4.46. The normalized spacial score (nSPS) is 15.4. The van der Waals surface area contributed by atoms with E-state index >= 15 is 0 Å². The van der Waals surface area contributed by atoms with Crippen molar-refractivity contribution in [3.8, 4) is 22.7 Å². The number of nitrogens with zero attached hydrogens (tertiary/aromatic N) is 2. The van der Waals surface area contributed by atoms with Crippen molar-refractivity contribution in [2.45, 2.75) is 44.4 Å². The van der Waals surface area contributed by atoms with E-state index in [2.05, 4.69) is 14.9 Å². The van der Waals surface area contributed by atoms with Gasteiger partial charge in [-0.1, -0.05) is 19.3 Å². The van der Waals surface area contributed by atoms with E-state index in [0.717, 1.165) is 49.1 Å². The quantitative estimate of drug-likeness (QED) is 0.305. The topological polar surface area (TPSA) is 63.2 Å². The van der Waals surface area contributed by atoms with Crippen LogP contribution >= 0.6 is 0 Å². The number of hydrogen-bond donors (Lipinski definition) is 2. The summed E-state index contributed by atoms with van der Waals surface area (Å²) in [5, 5.41) is 13.3. The molecule has 2 N–H and O–H groups in total. The van der Waals surface area contributed by atoms with Gasteiger partial charge >= 0.3 is 0 Å². The summed E-state index contributed by atoms with van der Waals surface area (Å²) in [5.74, 6) is -1.60.